The number of hydrogen-bond donors (Lipinski definition) is 2. The molecule has 0 spiro atoms. The molecule has 2 saturated carbocycles. The molecule has 1 unspecified atom stereocenters. The number of halogens is 1. The van der Waals surface area contributed by atoms with Gasteiger partial charge in [-0.25, -0.2) is 13.1 Å². The Morgan fingerprint density at radius 1 is 1.11 bits per heavy atom. The van der Waals surface area contributed by atoms with Crippen LogP contribution in [-0.4, -0.2) is 26.8 Å². The van der Waals surface area contributed by atoms with E-state index in [-0.39, 0.29) is 24.2 Å². The van der Waals surface area contributed by atoms with Crippen LogP contribution in [-0.2, 0) is 10.0 Å². The van der Waals surface area contributed by atoms with Crippen molar-refractivity contribution in [1.82, 2.24) is 4.72 Å². The molecule has 19 heavy (non-hydrogen) atoms. The fraction of sp³-hybridized carbons (Fsp3) is 1.00. The Bertz CT molecular complexity index is 352. The van der Waals surface area contributed by atoms with Crippen LogP contribution in [0.3, 0.4) is 0 Å². The van der Waals surface area contributed by atoms with Crippen LogP contribution in [0.2, 0.25) is 0 Å². The van der Waals surface area contributed by atoms with Gasteiger partial charge in [0.05, 0.1) is 5.75 Å². The predicted octanol–water partition coefficient (Wildman–Crippen LogP) is 2.04. The molecule has 2 rings (SSSR count). The Morgan fingerprint density at radius 3 is 2.26 bits per heavy atom. The molecule has 0 bridgehead atoms. The van der Waals surface area contributed by atoms with Gasteiger partial charge in [-0.05, 0) is 31.1 Å². The summed E-state index contributed by atoms with van der Waals surface area (Å²) in [5.74, 6) is 1.38. The second-order valence-corrected chi connectivity index (χ2v) is 7.78. The second-order valence-electron chi connectivity index (χ2n) is 5.91. The standard InChI is InChI=1S/C13H26N2O2S.ClH/c14-10-13(12-4-2-1-3-5-12)15-18(16,17)9-8-11-6-7-11;/h11-13,15H,1-10,14H2;1H. The molecular weight excluding hydrogens is 284 g/mol. The van der Waals surface area contributed by atoms with E-state index in [1.54, 1.807) is 0 Å². The average molecular weight is 311 g/mol. The highest BCUT2D eigenvalue weighted by atomic mass is 35.5. The summed E-state index contributed by atoms with van der Waals surface area (Å²) in [5.41, 5.74) is 5.75. The Hall–Kier alpha value is 0.160. The summed E-state index contributed by atoms with van der Waals surface area (Å²) in [4.78, 5) is 0. The van der Waals surface area contributed by atoms with Crippen molar-refractivity contribution in [3.8, 4) is 0 Å². The van der Waals surface area contributed by atoms with Crippen molar-refractivity contribution in [2.45, 2.75) is 57.4 Å². The zero-order valence-corrected chi connectivity index (χ0v) is 13.1. The van der Waals surface area contributed by atoms with E-state index in [0.29, 0.717) is 18.4 Å². The summed E-state index contributed by atoms with van der Waals surface area (Å²) in [6.45, 7) is 0.424. The molecule has 1 atom stereocenters. The van der Waals surface area contributed by atoms with E-state index in [0.717, 1.165) is 19.3 Å². The molecule has 0 heterocycles. The summed E-state index contributed by atoms with van der Waals surface area (Å²) in [6.07, 6.45) is 9.17. The first kappa shape index (κ1) is 17.2. The topological polar surface area (TPSA) is 72.2 Å². The predicted molar refractivity (Wildman–Crippen MR) is 80.9 cm³/mol. The van der Waals surface area contributed by atoms with Gasteiger partial charge in [0, 0.05) is 12.6 Å². The fourth-order valence-electron chi connectivity index (χ4n) is 2.89. The largest absolute Gasteiger partial charge is 0.329 e. The van der Waals surface area contributed by atoms with Crippen LogP contribution in [0.1, 0.15) is 51.4 Å². The highest BCUT2D eigenvalue weighted by Crippen LogP contribution is 2.32. The van der Waals surface area contributed by atoms with Gasteiger partial charge in [0.2, 0.25) is 10.0 Å². The molecule has 2 aliphatic rings. The number of rotatable bonds is 7. The van der Waals surface area contributed by atoms with Gasteiger partial charge in [0.1, 0.15) is 0 Å². The molecular formula is C13H27ClN2O2S. The summed E-state index contributed by atoms with van der Waals surface area (Å²) in [7, 11) is -3.13. The molecule has 0 aromatic rings. The average Bonchev–Trinajstić information content (AvgIpc) is 3.19. The fourth-order valence-corrected chi connectivity index (χ4v) is 4.40. The van der Waals surface area contributed by atoms with E-state index in [9.17, 15) is 8.42 Å². The maximum atomic E-state index is 12.0. The van der Waals surface area contributed by atoms with Crippen LogP contribution in [0.4, 0.5) is 0 Å². The lowest BCUT2D eigenvalue weighted by atomic mass is 9.84. The summed E-state index contributed by atoms with van der Waals surface area (Å²) in [5, 5.41) is 0. The molecule has 0 aliphatic heterocycles. The third kappa shape index (κ3) is 5.98. The normalized spacial score (nSPS) is 22.8. The minimum Gasteiger partial charge on any atom is -0.329 e. The second kappa shape index (κ2) is 7.81. The van der Waals surface area contributed by atoms with Gasteiger partial charge in [0.15, 0.2) is 0 Å². The van der Waals surface area contributed by atoms with Crippen molar-refractivity contribution in [2.75, 3.05) is 12.3 Å². The van der Waals surface area contributed by atoms with Crippen molar-refractivity contribution >= 4 is 22.4 Å². The van der Waals surface area contributed by atoms with Crippen LogP contribution < -0.4 is 10.5 Å². The first-order chi connectivity index (χ1) is 8.61. The molecule has 114 valence electrons. The molecule has 0 amide bonds. The first-order valence-electron chi connectivity index (χ1n) is 7.31. The van der Waals surface area contributed by atoms with Gasteiger partial charge < -0.3 is 5.73 Å². The number of nitrogens with two attached hydrogens (primary N) is 1. The van der Waals surface area contributed by atoms with Gasteiger partial charge in [-0.3, -0.25) is 0 Å². The van der Waals surface area contributed by atoms with E-state index in [4.69, 9.17) is 5.73 Å². The van der Waals surface area contributed by atoms with E-state index in [2.05, 4.69) is 4.72 Å². The molecule has 0 saturated heterocycles. The molecule has 2 aliphatic carbocycles. The first-order valence-corrected chi connectivity index (χ1v) is 8.96. The van der Waals surface area contributed by atoms with Crippen LogP contribution in [0.15, 0.2) is 0 Å². The van der Waals surface area contributed by atoms with Gasteiger partial charge in [-0.15, -0.1) is 12.4 Å². The zero-order chi connectivity index (χ0) is 13.0. The maximum Gasteiger partial charge on any atom is 0.211 e. The SMILES string of the molecule is Cl.NCC(NS(=O)(=O)CCC1CC1)C1CCCCC1. The maximum absolute atomic E-state index is 12.0. The van der Waals surface area contributed by atoms with E-state index in [1.807, 2.05) is 0 Å². The molecule has 2 fully saturated rings. The molecule has 0 aromatic carbocycles. The minimum atomic E-state index is -3.13. The minimum absolute atomic E-state index is 0. The van der Waals surface area contributed by atoms with Crippen molar-refractivity contribution in [2.24, 2.45) is 17.6 Å². The Kier molecular flexibility index (Phi) is 7.08. The third-order valence-electron chi connectivity index (χ3n) is 4.30. The van der Waals surface area contributed by atoms with Crippen molar-refractivity contribution in [3.63, 3.8) is 0 Å². The number of sulfonamides is 1. The van der Waals surface area contributed by atoms with Crippen molar-refractivity contribution in [1.29, 1.82) is 0 Å². The lowest BCUT2D eigenvalue weighted by Gasteiger charge is -2.29. The van der Waals surface area contributed by atoms with Crippen LogP contribution in [0, 0.1) is 11.8 Å². The monoisotopic (exact) mass is 310 g/mol. The van der Waals surface area contributed by atoms with Gasteiger partial charge in [0.25, 0.3) is 0 Å². The highest BCUT2D eigenvalue weighted by Gasteiger charge is 2.28. The van der Waals surface area contributed by atoms with Crippen LogP contribution >= 0.6 is 12.4 Å². The van der Waals surface area contributed by atoms with Crippen molar-refractivity contribution in [3.05, 3.63) is 0 Å². The van der Waals surface area contributed by atoms with Crippen LogP contribution in [0.5, 0.6) is 0 Å². The lowest BCUT2D eigenvalue weighted by molar-refractivity contribution is 0.294. The van der Waals surface area contributed by atoms with Gasteiger partial charge in [-0.2, -0.15) is 0 Å². The number of nitrogens with one attached hydrogen (secondary N) is 1. The summed E-state index contributed by atoms with van der Waals surface area (Å²) in [6, 6.07) is -0.0468. The summed E-state index contributed by atoms with van der Waals surface area (Å²) < 4.78 is 26.9. The van der Waals surface area contributed by atoms with E-state index < -0.39 is 10.0 Å². The molecule has 0 radical (unpaired) electrons. The highest BCUT2D eigenvalue weighted by molar-refractivity contribution is 7.89. The Morgan fingerprint density at radius 2 is 1.74 bits per heavy atom. The quantitative estimate of drug-likeness (QED) is 0.756. The number of hydrogen-bond acceptors (Lipinski definition) is 3. The Balaban J connectivity index is 0.00000180. The zero-order valence-electron chi connectivity index (χ0n) is 11.5. The smallest absolute Gasteiger partial charge is 0.211 e. The third-order valence-corrected chi connectivity index (χ3v) is 5.73. The molecule has 3 N–H and O–H groups in total. The lowest BCUT2D eigenvalue weighted by Crippen LogP contribution is -2.46. The van der Waals surface area contributed by atoms with Crippen molar-refractivity contribution < 1.29 is 8.42 Å². The van der Waals surface area contributed by atoms with Crippen LogP contribution in [0.25, 0.3) is 0 Å². The van der Waals surface area contributed by atoms with Gasteiger partial charge >= 0.3 is 0 Å². The molecule has 6 heteroatoms. The Labute approximate surface area is 123 Å². The van der Waals surface area contributed by atoms with Gasteiger partial charge in [-0.1, -0.05) is 32.1 Å². The molecule has 4 nitrogen and oxygen atoms in total. The van der Waals surface area contributed by atoms with E-state index in [1.165, 1.54) is 32.1 Å². The molecule has 0 aromatic heterocycles. The van der Waals surface area contributed by atoms with E-state index >= 15 is 0 Å². The summed E-state index contributed by atoms with van der Waals surface area (Å²) >= 11 is 0.